The molecule has 138 valence electrons. The van der Waals surface area contributed by atoms with E-state index in [2.05, 4.69) is 0 Å². The van der Waals surface area contributed by atoms with Crippen LogP contribution in [-0.4, -0.2) is 34.6 Å². The van der Waals surface area contributed by atoms with Crippen LogP contribution in [-0.2, 0) is 6.54 Å². The van der Waals surface area contributed by atoms with E-state index in [1.807, 2.05) is 48.5 Å². The summed E-state index contributed by atoms with van der Waals surface area (Å²) in [5.74, 6) is 0.886. The average Bonchev–Trinajstić information content (AvgIpc) is 3.59. The topological polar surface area (TPSA) is 60.9 Å². The van der Waals surface area contributed by atoms with Crippen molar-refractivity contribution in [2.24, 2.45) is 5.92 Å². The Morgan fingerprint density at radius 2 is 1.85 bits per heavy atom. The van der Waals surface area contributed by atoms with Crippen molar-refractivity contribution >= 4 is 17.7 Å². The lowest BCUT2D eigenvalue weighted by Gasteiger charge is -2.19. The van der Waals surface area contributed by atoms with Crippen LogP contribution in [0.4, 0.5) is 10.5 Å². The van der Waals surface area contributed by atoms with E-state index in [9.17, 15) is 14.7 Å². The van der Waals surface area contributed by atoms with Crippen molar-refractivity contribution in [2.45, 2.75) is 37.8 Å². The Balaban J connectivity index is 1.29. The summed E-state index contributed by atoms with van der Waals surface area (Å²) in [4.78, 5) is 27.6. The van der Waals surface area contributed by atoms with Gasteiger partial charge in [0.05, 0.1) is 6.54 Å². The van der Waals surface area contributed by atoms with Gasteiger partial charge in [-0.15, -0.1) is 0 Å². The summed E-state index contributed by atoms with van der Waals surface area (Å²) in [6.45, 7) is 1.28. The van der Waals surface area contributed by atoms with Gasteiger partial charge in [-0.25, -0.2) is 4.79 Å². The van der Waals surface area contributed by atoms with Gasteiger partial charge < -0.3 is 14.9 Å². The molecule has 2 aromatic rings. The number of hydrogen-bond donors (Lipinski definition) is 1. The van der Waals surface area contributed by atoms with Gasteiger partial charge in [0.2, 0.25) is 0 Å². The van der Waals surface area contributed by atoms with Crippen LogP contribution in [0.25, 0.3) is 0 Å². The second-order valence-corrected chi connectivity index (χ2v) is 7.93. The molecule has 0 spiro atoms. The highest BCUT2D eigenvalue weighted by Gasteiger charge is 2.46. The molecule has 3 aliphatic rings. The van der Waals surface area contributed by atoms with E-state index in [4.69, 9.17) is 0 Å². The Morgan fingerprint density at radius 1 is 1.11 bits per heavy atom. The third-order valence-electron chi connectivity index (χ3n) is 6.01. The number of nitrogens with zero attached hydrogens (tertiary/aromatic N) is 2. The molecular formula is C22H22N2O3. The van der Waals surface area contributed by atoms with Crippen molar-refractivity contribution in [1.82, 2.24) is 4.90 Å². The molecule has 1 N–H and O–H groups in total. The zero-order chi connectivity index (χ0) is 18.5. The van der Waals surface area contributed by atoms with E-state index < -0.39 is 6.09 Å². The quantitative estimate of drug-likeness (QED) is 0.871. The molecule has 0 saturated heterocycles. The van der Waals surface area contributed by atoms with Crippen LogP contribution in [0.1, 0.15) is 46.7 Å². The number of carboxylic acid groups (broad SMARTS) is 1. The molecule has 2 aromatic carbocycles. The minimum absolute atomic E-state index is 0.0455. The van der Waals surface area contributed by atoms with Crippen molar-refractivity contribution in [3.63, 3.8) is 0 Å². The van der Waals surface area contributed by atoms with Gasteiger partial charge in [-0.1, -0.05) is 30.3 Å². The molecule has 2 unspecified atom stereocenters. The highest BCUT2D eigenvalue weighted by atomic mass is 16.4. The van der Waals surface area contributed by atoms with Gasteiger partial charge in [0.15, 0.2) is 0 Å². The minimum atomic E-state index is -0.800. The molecule has 1 heterocycles. The van der Waals surface area contributed by atoms with E-state index in [1.54, 1.807) is 9.80 Å². The first-order valence-electron chi connectivity index (χ1n) is 9.61. The average molecular weight is 362 g/mol. The summed E-state index contributed by atoms with van der Waals surface area (Å²) in [6.07, 6.45) is 2.41. The van der Waals surface area contributed by atoms with Gasteiger partial charge in [-0.3, -0.25) is 4.79 Å². The number of carbonyl (C=O) groups excluding carboxylic acids is 1. The molecule has 1 aliphatic heterocycles. The maximum atomic E-state index is 12.6. The van der Waals surface area contributed by atoms with Crippen LogP contribution in [0.5, 0.6) is 0 Å². The number of anilines is 1. The summed E-state index contributed by atoms with van der Waals surface area (Å²) in [5.41, 5.74) is 3.90. The third-order valence-corrected chi connectivity index (χ3v) is 6.01. The van der Waals surface area contributed by atoms with Crippen molar-refractivity contribution < 1.29 is 14.7 Å². The van der Waals surface area contributed by atoms with E-state index in [-0.39, 0.29) is 17.9 Å². The number of fused-ring (bicyclic) bond motifs is 1. The number of carbonyl (C=O) groups is 2. The first kappa shape index (κ1) is 16.4. The minimum Gasteiger partial charge on any atom is -0.465 e. The van der Waals surface area contributed by atoms with Gasteiger partial charge in [0, 0.05) is 29.8 Å². The van der Waals surface area contributed by atoms with Crippen molar-refractivity contribution in [2.75, 3.05) is 11.4 Å². The summed E-state index contributed by atoms with van der Waals surface area (Å²) in [5, 5.41) is 9.51. The first-order valence-corrected chi connectivity index (χ1v) is 9.61. The zero-order valence-corrected chi connectivity index (χ0v) is 15.0. The molecule has 2 saturated carbocycles. The largest absolute Gasteiger partial charge is 0.465 e. The molecule has 0 bridgehead atoms. The lowest BCUT2D eigenvalue weighted by Crippen LogP contribution is -2.34. The summed E-state index contributed by atoms with van der Waals surface area (Å²) >= 11 is 0. The normalized spacial score (nSPS) is 23.3. The molecule has 2 amide bonds. The Hall–Kier alpha value is -2.82. The van der Waals surface area contributed by atoms with Gasteiger partial charge >= 0.3 is 6.09 Å². The fraction of sp³-hybridized carbons (Fsp3) is 0.364. The maximum Gasteiger partial charge on any atom is 0.407 e. The van der Waals surface area contributed by atoms with Crippen molar-refractivity contribution in [3.05, 3.63) is 65.2 Å². The lowest BCUT2D eigenvalue weighted by atomic mass is 10.1. The Labute approximate surface area is 158 Å². The maximum absolute atomic E-state index is 12.6. The van der Waals surface area contributed by atoms with E-state index >= 15 is 0 Å². The predicted molar refractivity (Wildman–Crippen MR) is 102 cm³/mol. The van der Waals surface area contributed by atoms with Gasteiger partial charge in [0.1, 0.15) is 0 Å². The third kappa shape index (κ3) is 2.97. The highest BCUT2D eigenvalue weighted by Crippen LogP contribution is 2.46. The van der Waals surface area contributed by atoms with Crippen LogP contribution >= 0.6 is 0 Å². The smallest absolute Gasteiger partial charge is 0.407 e. The SMILES string of the molecule is O=C1c2ccccc2CN1c1ccc(C2CC2N(CC2CC2)C(=O)O)cc1. The van der Waals surface area contributed by atoms with Crippen LogP contribution < -0.4 is 4.90 Å². The Morgan fingerprint density at radius 3 is 2.52 bits per heavy atom. The molecule has 0 aromatic heterocycles. The number of amides is 2. The summed E-state index contributed by atoms with van der Waals surface area (Å²) in [6, 6.07) is 15.9. The number of rotatable bonds is 5. The second kappa shape index (κ2) is 6.12. The van der Waals surface area contributed by atoms with Crippen LogP contribution in [0, 0.1) is 5.92 Å². The number of hydrogen-bond acceptors (Lipinski definition) is 2. The van der Waals surface area contributed by atoms with E-state index in [0.29, 0.717) is 19.0 Å². The van der Waals surface area contributed by atoms with Crippen LogP contribution in [0.3, 0.4) is 0 Å². The zero-order valence-electron chi connectivity index (χ0n) is 15.0. The summed E-state index contributed by atoms with van der Waals surface area (Å²) in [7, 11) is 0. The highest BCUT2D eigenvalue weighted by molar-refractivity contribution is 6.09. The predicted octanol–water partition coefficient (Wildman–Crippen LogP) is 4.09. The first-order chi connectivity index (χ1) is 13.1. The van der Waals surface area contributed by atoms with E-state index in [0.717, 1.165) is 41.6 Å². The van der Waals surface area contributed by atoms with Gasteiger partial charge in [-0.05, 0) is 54.5 Å². The monoisotopic (exact) mass is 362 g/mol. The van der Waals surface area contributed by atoms with Gasteiger partial charge in [0.25, 0.3) is 5.91 Å². The molecular weight excluding hydrogens is 340 g/mol. The molecule has 2 fully saturated rings. The fourth-order valence-electron chi connectivity index (χ4n) is 4.18. The van der Waals surface area contributed by atoms with Crippen molar-refractivity contribution in [1.29, 1.82) is 0 Å². The second-order valence-electron chi connectivity index (χ2n) is 7.93. The fourth-order valence-corrected chi connectivity index (χ4v) is 4.18. The lowest BCUT2D eigenvalue weighted by molar-refractivity contribution is 0.0996. The van der Waals surface area contributed by atoms with Crippen LogP contribution in [0.15, 0.2) is 48.5 Å². The standard InChI is InChI=1S/C22H22N2O3/c25-21-18-4-2-1-3-16(18)13-23(21)17-9-7-15(8-10-17)19-11-20(19)24(22(26)27)12-14-5-6-14/h1-4,7-10,14,19-20H,5-6,11-13H2,(H,26,27). The molecule has 5 rings (SSSR count). The molecule has 5 heteroatoms. The van der Waals surface area contributed by atoms with E-state index in [1.165, 1.54) is 0 Å². The Kier molecular flexibility index (Phi) is 3.71. The molecule has 2 atom stereocenters. The number of benzene rings is 2. The molecule has 5 nitrogen and oxygen atoms in total. The summed E-state index contributed by atoms with van der Waals surface area (Å²) < 4.78 is 0. The Bertz CT molecular complexity index is 904. The molecule has 2 aliphatic carbocycles. The molecule has 0 radical (unpaired) electrons. The van der Waals surface area contributed by atoms with Gasteiger partial charge in [-0.2, -0.15) is 0 Å². The van der Waals surface area contributed by atoms with Crippen molar-refractivity contribution in [3.8, 4) is 0 Å². The molecule has 27 heavy (non-hydrogen) atoms. The van der Waals surface area contributed by atoms with Crippen LogP contribution in [0.2, 0.25) is 0 Å².